The number of carbonyl (C=O) groups excluding carboxylic acids is 1. The number of Topliss-reactive ketones (excluding diaryl/α,β-unsaturated/α-hetero) is 1. The summed E-state index contributed by atoms with van der Waals surface area (Å²) in [5.41, 5.74) is 1.88. The fraction of sp³-hybridized carbons (Fsp3) is 0.0769. The van der Waals surface area contributed by atoms with E-state index in [0.717, 1.165) is 10.9 Å². The van der Waals surface area contributed by atoms with Crippen molar-refractivity contribution in [1.29, 1.82) is 0 Å². The van der Waals surface area contributed by atoms with Crippen molar-refractivity contribution in [3.05, 3.63) is 98.3 Å². The van der Waals surface area contributed by atoms with E-state index in [4.69, 9.17) is 36.8 Å². The largest absolute Gasteiger partial charge is 0.478 e. The molecule has 0 spiro atoms. The molecule has 0 N–H and O–H groups in total. The van der Waals surface area contributed by atoms with E-state index >= 15 is 0 Å². The van der Waals surface area contributed by atoms with Crippen molar-refractivity contribution in [3.8, 4) is 17.1 Å². The van der Waals surface area contributed by atoms with Gasteiger partial charge in [0.2, 0.25) is 17.0 Å². The molecular formula is C26H16Cl2O5. The van der Waals surface area contributed by atoms with Gasteiger partial charge in [-0.15, -0.1) is 0 Å². The highest BCUT2D eigenvalue weighted by molar-refractivity contribution is 6.32. The van der Waals surface area contributed by atoms with Crippen molar-refractivity contribution in [2.45, 2.75) is 6.92 Å². The van der Waals surface area contributed by atoms with Crippen LogP contribution in [0.25, 0.3) is 33.3 Å². The van der Waals surface area contributed by atoms with Crippen LogP contribution in [0.4, 0.5) is 0 Å². The lowest BCUT2D eigenvalue weighted by Crippen LogP contribution is -2.16. The van der Waals surface area contributed by atoms with E-state index < -0.39 is 17.8 Å². The van der Waals surface area contributed by atoms with Gasteiger partial charge in [0, 0.05) is 21.0 Å². The molecule has 5 rings (SSSR count). The Morgan fingerprint density at radius 3 is 2.45 bits per heavy atom. The van der Waals surface area contributed by atoms with Gasteiger partial charge in [-0.1, -0.05) is 41.4 Å². The molecule has 3 aromatic carbocycles. The highest BCUT2D eigenvalue weighted by Gasteiger charge is 2.21. The number of halogens is 2. The smallest absolute Gasteiger partial charge is 0.235 e. The van der Waals surface area contributed by atoms with Gasteiger partial charge in [-0.25, -0.2) is 0 Å². The average molecular weight is 479 g/mol. The van der Waals surface area contributed by atoms with Crippen LogP contribution in [0.3, 0.4) is 0 Å². The summed E-state index contributed by atoms with van der Waals surface area (Å²) in [5, 5.41) is 2.03. The van der Waals surface area contributed by atoms with E-state index in [0.29, 0.717) is 26.8 Å². The number of aryl methyl sites for hydroxylation is 1. The van der Waals surface area contributed by atoms with E-state index in [1.807, 2.05) is 25.1 Å². The Morgan fingerprint density at radius 1 is 0.939 bits per heavy atom. The van der Waals surface area contributed by atoms with E-state index in [9.17, 15) is 9.59 Å². The average Bonchev–Trinajstić information content (AvgIpc) is 3.25. The van der Waals surface area contributed by atoms with E-state index in [-0.39, 0.29) is 22.7 Å². The summed E-state index contributed by atoms with van der Waals surface area (Å²) in [7, 11) is 0. The molecule has 0 fully saturated rings. The lowest BCUT2D eigenvalue weighted by atomic mass is 10.1. The van der Waals surface area contributed by atoms with Crippen LogP contribution < -0.4 is 10.2 Å². The zero-order chi connectivity index (χ0) is 23.1. The molecule has 0 amide bonds. The summed E-state index contributed by atoms with van der Waals surface area (Å²) < 4.78 is 17.4. The normalized spacial score (nSPS) is 11.2. The number of ketones is 1. The molecule has 7 heteroatoms. The van der Waals surface area contributed by atoms with Gasteiger partial charge in [0.1, 0.15) is 11.2 Å². The molecule has 0 radical (unpaired) electrons. The molecule has 0 aliphatic heterocycles. The molecule has 5 aromatic rings. The molecule has 0 saturated carbocycles. The van der Waals surface area contributed by atoms with Gasteiger partial charge in [0.05, 0.1) is 5.39 Å². The van der Waals surface area contributed by atoms with Crippen LogP contribution in [0.2, 0.25) is 10.0 Å². The van der Waals surface area contributed by atoms with Crippen LogP contribution in [0.15, 0.2) is 80.4 Å². The van der Waals surface area contributed by atoms with Crippen LogP contribution in [0.5, 0.6) is 5.75 Å². The van der Waals surface area contributed by atoms with Gasteiger partial charge < -0.3 is 13.6 Å². The summed E-state index contributed by atoms with van der Waals surface area (Å²) in [5.74, 6) is -0.153. The Labute approximate surface area is 198 Å². The maximum Gasteiger partial charge on any atom is 0.235 e. The third-order valence-electron chi connectivity index (χ3n) is 5.28. The van der Waals surface area contributed by atoms with Crippen molar-refractivity contribution in [2.24, 2.45) is 0 Å². The van der Waals surface area contributed by atoms with E-state index in [2.05, 4.69) is 0 Å². The summed E-state index contributed by atoms with van der Waals surface area (Å²) in [6.45, 7) is 1.41. The number of benzene rings is 3. The second kappa shape index (κ2) is 8.43. The third-order valence-corrected chi connectivity index (χ3v) is 5.94. The Kier molecular flexibility index (Phi) is 5.44. The Bertz CT molecular complexity index is 1550. The number of carbonyl (C=O) groups is 1. The second-order valence-corrected chi connectivity index (χ2v) is 8.40. The topological polar surface area (TPSA) is 69.7 Å². The molecular weight excluding hydrogens is 463 g/mol. The van der Waals surface area contributed by atoms with Crippen molar-refractivity contribution < 1.29 is 18.4 Å². The summed E-state index contributed by atoms with van der Waals surface area (Å²) in [4.78, 5) is 26.1. The van der Waals surface area contributed by atoms with Gasteiger partial charge >= 0.3 is 0 Å². The van der Waals surface area contributed by atoms with Crippen LogP contribution in [-0.2, 0) is 0 Å². The molecule has 33 heavy (non-hydrogen) atoms. The molecule has 2 heterocycles. The van der Waals surface area contributed by atoms with Gasteiger partial charge in [-0.3, -0.25) is 9.59 Å². The summed E-state index contributed by atoms with van der Waals surface area (Å²) in [6.07, 6.45) is 0. The van der Waals surface area contributed by atoms with Crippen molar-refractivity contribution in [2.75, 3.05) is 6.61 Å². The Balaban J connectivity index is 1.57. The molecule has 2 aromatic heterocycles. The Hall–Kier alpha value is -3.54. The first-order chi connectivity index (χ1) is 15.9. The summed E-state index contributed by atoms with van der Waals surface area (Å²) >= 11 is 12.2. The standard InChI is InChI=1S/C26H16Cl2O5/c1-14-10-22-18(12-19(14)28)24(30)26(25(33-22)15-6-8-17(27)9-7-15)31-13-20(29)23-11-16-4-2-3-5-21(16)32-23/h2-12H,13H2,1H3. The van der Waals surface area contributed by atoms with Gasteiger partial charge in [-0.05, 0) is 61.0 Å². The predicted molar refractivity (Wildman–Crippen MR) is 129 cm³/mol. The molecule has 0 saturated heterocycles. The molecule has 0 aliphatic carbocycles. The minimum atomic E-state index is -0.430. The highest BCUT2D eigenvalue weighted by atomic mass is 35.5. The number of fused-ring (bicyclic) bond motifs is 2. The van der Waals surface area contributed by atoms with Crippen LogP contribution in [-0.4, -0.2) is 12.4 Å². The van der Waals surface area contributed by atoms with Crippen molar-refractivity contribution in [3.63, 3.8) is 0 Å². The van der Waals surface area contributed by atoms with Crippen LogP contribution >= 0.6 is 23.2 Å². The minimum Gasteiger partial charge on any atom is -0.478 e. The van der Waals surface area contributed by atoms with Crippen LogP contribution in [0, 0.1) is 6.92 Å². The zero-order valence-electron chi connectivity index (χ0n) is 17.4. The molecule has 0 aliphatic rings. The number of rotatable bonds is 5. The predicted octanol–water partition coefficient (Wildman–Crippen LogP) is 7.08. The number of ether oxygens (including phenoxy) is 1. The van der Waals surface area contributed by atoms with Gasteiger partial charge in [0.25, 0.3) is 0 Å². The van der Waals surface area contributed by atoms with Crippen molar-refractivity contribution >= 4 is 50.9 Å². The van der Waals surface area contributed by atoms with Crippen molar-refractivity contribution in [1.82, 2.24) is 0 Å². The first-order valence-corrected chi connectivity index (χ1v) is 10.8. The third kappa shape index (κ3) is 4.01. The fourth-order valence-electron chi connectivity index (χ4n) is 3.55. The number of furan rings is 1. The highest BCUT2D eigenvalue weighted by Crippen LogP contribution is 2.33. The maximum atomic E-state index is 13.3. The monoisotopic (exact) mass is 478 g/mol. The molecule has 0 bridgehead atoms. The zero-order valence-corrected chi connectivity index (χ0v) is 18.9. The first-order valence-electron chi connectivity index (χ1n) is 10.1. The number of hydrogen-bond donors (Lipinski definition) is 0. The van der Waals surface area contributed by atoms with E-state index in [1.165, 1.54) is 6.07 Å². The molecule has 5 nitrogen and oxygen atoms in total. The molecule has 0 unspecified atom stereocenters. The maximum absolute atomic E-state index is 13.3. The minimum absolute atomic E-state index is 0.0887. The number of hydrogen-bond acceptors (Lipinski definition) is 5. The molecule has 164 valence electrons. The molecule has 0 atom stereocenters. The Morgan fingerprint density at radius 2 is 1.70 bits per heavy atom. The van der Waals surface area contributed by atoms with Gasteiger partial charge in [-0.2, -0.15) is 0 Å². The van der Waals surface area contributed by atoms with Crippen LogP contribution in [0.1, 0.15) is 16.1 Å². The number of para-hydroxylation sites is 1. The lowest BCUT2D eigenvalue weighted by molar-refractivity contribution is 0.0894. The quantitative estimate of drug-likeness (QED) is 0.252. The SMILES string of the molecule is Cc1cc2oc(-c3ccc(Cl)cc3)c(OCC(=O)c3cc4ccccc4o3)c(=O)c2cc1Cl. The summed E-state index contributed by atoms with van der Waals surface area (Å²) in [6, 6.07) is 19.0. The van der Waals surface area contributed by atoms with Gasteiger partial charge in [0.15, 0.2) is 18.1 Å². The lowest BCUT2D eigenvalue weighted by Gasteiger charge is -2.12. The first kappa shape index (κ1) is 21.3. The van der Waals surface area contributed by atoms with E-state index in [1.54, 1.807) is 42.5 Å². The fourth-order valence-corrected chi connectivity index (χ4v) is 3.84. The second-order valence-electron chi connectivity index (χ2n) is 7.55.